The molecule has 3 aromatic rings. The smallest absolute Gasteiger partial charge is 0.339 e. The molecule has 0 spiro atoms. The zero-order valence-electron chi connectivity index (χ0n) is 17.3. The third-order valence-corrected chi connectivity index (χ3v) is 5.18. The molecule has 33 heavy (non-hydrogen) atoms. The van der Waals surface area contributed by atoms with Crippen molar-refractivity contribution in [3.63, 3.8) is 0 Å². The Morgan fingerprint density at radius 1 is 1.00 bits per heavy atom. The van der Waals surface area contributed by atoms with E-state index in [1.807, 2.05) is 6.07 Å². The van der Waals surface area contributed by atoms with Crippen LogP contribution in [0.15, 0.2) is 60.7 Å². The Balaban J connectivity index is 1.53. The van der Waals surface area contributed by atoms with Gasteiger partial charge in [-0.05, 0) is 53.6 Å². The number of halogens is 2. The first-order valence-corrected chi connectivity index (χ1v) is 10.3. The van der Waals surface area contributed by atoms with Crippen LogP contribution in [-0.2, 0) is 17.9 Å². The summed E-state index contributed by atoms with van der Waals surface area (Å²) in [5, 5.41) is 9.60. The summed E-state index contributed by atoms with van der Waals surface area (Å²) in [6.07, 6.45) is 0. The molecular weight excluding hydrogens is 453 g/mol. The summed E-state index contributed by atoms with van der Waals surface area (Å²) in [6.45, 7) is 0.0376. The van der Waals surface area contributed by atoms with E-state index >= 15 is 0 Å². The lowest BCUT2D eigenvalue weighted by molar-refractivity contribution is -0.134. The Bertz CT molecular complexity index is 1200. The fourth-order valence-electron chi connectivity index (χ4n) is 3.37. The molecule has 170 valence electrons. The van der Waals surface area contributed by atoms with Gasteiger partial charge >= 0.3 is 5.97 Å². The van der Waals surface area contributed by atoms with Crippen molar-refractivity contribution in [3.8, 4) is 17.2 Å². The first kappa shape index (κ1) is 22.4. The lowest BCUT2D eigenvalue weighted by Crippen LogP contribution is -2.34. The zero-order chi connectivity index (χ0) is 23.4. The van der Waals surface area contributed by atoms with Crippen LogP contribution in [0.5, 0.6) is 17.2 Å². The van der Waals surface area contributed by atoms with Crippen LogP contribution in [0.25, 0.3) is 0 Å². The summed E-state index contributed by atoms with van der Waals surface area (Å²) in [4.78, 5) is 26.0. The van der Waals surface area contributed by atoms with Crippen LogP contribution >= 0.6 is 11.6 Å². The summed E-state index contributed by atoms with van der Waals surface area (Å²) in [5.41, 5.74) is 1.23. The van der Waals surface area contributed by atoms with E-state index < -0.39 is 24.3 Å². The Morgan fingerprint density at radius 2 is 1.76 bits per heavy atom. The van der Waals surface area contributed by atoms with E-state index in [-0.39, 0.29) is 36.2 Å². The maximum Gasteiger partial charge on any atom is 0.339 e. The Labute approximate surface area is 193 Å². The molecule has 0 fully saturated rings. The van der Waals surface area contributed by atoms with Crippen molar-refractivity contribution in [2.75, 3.05) is 13.4 Å². The first-order valence-electron chi connectivity index (χ1n) is 9.95. The minimum atomic E-state index is -1.23. The predicted molar refractivity (Wildman–Crippen MR) is 117 cm³/mol. The summed E-state index contributed by atoms with van der Waals surface area (Å²) in [5.74, 6) is -0.830. The molecule has 1 aliphatic rings. The fourth-order valence-corrected chi connectivity index (χ4v) is 3.55. The van der Waals surface area contributed by atoms with Gasteiger partial charge in [-0.3, -0.25) is 4.79 Å². The van der Waals surface area contributed by atoms with Crippen LogP contribution in [0.4, 0.5) is 4.39 Å². The molecular formula is C24H19ClFNO6. The molecule has 0 radical (unpaired) electrons. The highest BCUT2D eigenvalue weighted by Gasteiger charge is 2.20. The summed E-state index contributed by atoms with van der Waals surface area (Å²) < 4.78 is 29.9. The highest BCUT2D eigenvalue weighted by Crippen LogP contribution is 2.33. The molecule has 0 aromatic heterocycles. The number of ether oxygens (including phenoxy) is 3. The maximum absolute atomic E-state index is 13.7. The third-order valence-electron chi connectivity index (χ3n) is 4.95. The largest absolute Gasteiger partial charge is 0.483 e. The van der Waals surface area contributed by atoms with Gasteiger partial charge in [0.2, 0.25) is 6.79 Å². The second-order valence-corrected chi connectivity index (χ2v) is 7.74. The molecule has 1 heterocycles. The SMILES string of the molecule is O=C(O)c1cc(Cl)ccc1OCC(=O)N(Cc1cccc(F)c1)Cc1ccc2c(c1)OCO2. The quantitative estimate of drug-likeness (QED) is 0.520. The van der Waals surface area contributed by atoms with Gasteiger partial charge in [0.25, 0.3) is 5.91 Å². The number of amides is 1. The molecule has 1 N–H and O–H groups in total. The van der Waals surface area contributed by atoms with E-state index in [1.54, 1.807) is 24.3 Å². The van der Waals surface area contributed by atoms with Crippen LogP contribution < -0.4 is 14.2 Å². The molecule has 0 saturated heterocycles. The highest BCUT2D eigenvalue weighted by atomic mass is 35.5. The van der Waals surface area contributed by atoms with Crippen molar-refractivity contribution in [1.82, 2.24) is 4.90 Å². The molecule has 7 nitrogen and oxygen atoms in total. The van der Waals surface area contributed by atoms with Crippen molar-refractivity contribution in [2.24, 2.45) is 0 Å². The first-order chi connectivity index (χ1) is 15.9. The predicted octanol–water partition coefficient (Wildman–Crippen LogP) is 4.51. The normalized spacial score (nSPS) is 11.8. The summed E-state index contributed by atoms with van der Waals surface area (Å²) in [7, 11) is 0. The van der Waals surface area contributed by atoms with E-state index in [0.717, 1.165) is 5.56 Å². The third kappa shape index (κ3) is 5.53. The number of nitrogens with zero attached hydrogens (tertiary/aromatic N) is 1. The van der Waals surface area contributed by atoms with Crippen molar-refractivity contribution in [2.45, 2.75) is 13.1 Å². The van der Waals surface area contributed by atoms with Gasteiger partial charge in [-0.25, -0.2) is 9.18 Å². The molecule has 0 atom stereocenters. The van der Waals surface area contributed by atoms with E-state index in [0.29, 0.717) is 17.1 Å². The number of hydrogen-bond acceptors (Lipinski definition) is 5. The van der Waals surface area contributed by atoms with Gasteiger partial charge in [-0.15, -0.1) is 0 Å². The van der Waals surface area contributed by atoms with Crippen LogP contribution in [0, 0.1) is 5.82 Å². The van der Waals surface area contributed by atoms with Gasteiger partial charge in [0.15, 0.2) is 18.1 Å². The number of carboxylic acids is 1. The van der Waals surface area contributed by atoms with Crippen molar-refractivity contribution >= 4 is 23.5 Å². The van der Waals surface area contributed by atoms with Crippen LogP contribution in [0.1, 0.15) is 21.5 Å². The van der Waals surface area contributed by atoms with E-state index in [1.165, 1.54) is 35.2 Å². The van der Waals surface area contributed by atoms with Crippen molar-refractivity contribution in [1.29, 1.82) is 0 Å². The number of hydrogen-bond donors (Lipinski definition) is 1. The number of rotatable bonds is 8. The molecule has 9 heteroatoms. The topological polar surface area (TPSA) is 85.3 Å². The van der Waals surface area contributed by atoms with Crippen LogP contribution in [-0.4, -0.2) is 35.3 Å². The monoisotopic (exact) mass is 471 g/mol. The Hall–Kier alpha value is -3.78. The lowest BCUT2D eigenvalue weighted by atomic mass is 10.1. The van der Waals surface area contributed by atoms with E-state index in [9.17, 15) is 19.1 Å². The van der Waals surface area contributed by atoms with Gasteiger partial charge in [0.1, 0.15) is 17.1 Å². The van der Waals surface area contributed by atoms with Crippen LogP contribution in [0.3, 0.4) is 0 Å². The van der Waals surface area contributed by atoms with Gasteiger partial charge in [0.05, 0.1) is 0 Å². The Morgan fingerprint density at radius 3 is 2.52 bits per heavy atom. The van der Waals surface area contributed by atoms with Crippen molar-refractivity contribution < 1.29 is 33.3 Å². The lowest BCUT2D eigenvalue weighted by Gasteiger charge is -2.23. The van der Waals surface area contributed by atoms with E-state index in [2.05, 4.69) is 0 Å². The molecule has 1 amide bonds. The van der Waals surface area contributed by atoms with Gasteiger partial charge in [-0.1, -0.05) is 29.8 Å². The van der Waals surface area contributed by atoms with Gasteiger partial charge in [0, 0.05) is 18.1 Å². The summed E-state index contributed by atoms with van der Waals surface area (Å²) in [6, 6.07) is 15.4. The average Bonchev–Trinajstić information content (AvgIpc) is 3.25. The zero-order valence-corrected chi connectivity index (χ0v) is 18.0. The number of carbonyl (C=O) groups excluding carboxylic acids is 1. The highest BCUT2D eigenvalue weighted by molar-refractivity contribution is 6.31. The minimum absolute atomic E-state index is 0.0223. The van der Waals surface area contributed by atoms with Crippen LogP contribution in [0.2, 0.25) is 5.02 Å². The van der Waals surface area contributed by atoms with Gasteiger partial charge in [-0.2, -0.15) is 0 Å². The number of carboxylic acid groups (broad SMARTS) is 1. The summed E-state index contributed by atoms with van der Waals surface area (Å²) >= 11 is 5.86. The minimum Gasteiger partial charge on any atom is -0.483 e. The molecule has 4 rings (SSSR count). The number of aromatic carboxylic acids is 1. The second kappa shape index (κ2) is 9.79. The molecule has 3 aromatic carbocycles. The molecule has 0 bridgehead atoms. The van der Waals surface area contributed by atoms with Gasteiger partial charge < -0.3 is 24.2 Å². The average molecular weight is 472 g/mol. The molecule has 0 aliphatic carbocycles. The molecule has 0 saturated carbocycles. The van der Waals surface area contributed by atoms with E-state index in [4.69, 9.17) is 25.8 Å². The number of carbonyl (C=O) groups is 2. The molecule has 0 unspecified atom stereocenters. The molecule has 1 aliphatic heterocycles. The maximum atomic E-state index is 13.7. The van der Waals surface area contributed by atoms with Crippen molar-refractivity contribution in [3.05, 3.63) is 88.2 Å². The second-order valence-electron chi connectivity index (χ2n) is 7.30. The number of benzene rings is 3. The number of fused-ring (bicyclic) bond motifs is 1. The standard InChI is InChI=1S/C24H19ClFNO6/c25-17-5-7-20(19(10-17)24(29)30)31-13-23(28)27(11-15-2-1-3-18(26)8-15)12-16-4-6-21-22(9-16)33-14-32-21/h1-10H,11-14H2,(H,29,30). The fraction of sp³-hybridized carbons (Fsp3) is 0.167. The Kier molecular flexibility index (Phi) is 6.65.